The van der Waals surface area contributed by atoms with E-state index in [0.29, 0.717) is 19.0 Å². The number of carbonyl (C=O) groups excluding carboxylic acids is 1. The van der Waals surface area contributed by atoms with Crippen LogP contribution in [0, 0.1) is 11.6 Å². The third kappa shape index (κ3) is 3.68. The summed E-state index contributed by atoms with van der Waals surface area (Å²) in [5.74, 6) is -1.48. The summed E-state index contributed by atoms with van der Waals surface area (Å²) in [6.07, 6.45) is -0.245. The Hall–Kier alpha value is -2.35. The van der Waals surface area contributed by atoms with Crippen molar-refractivity contribution in [1.29, 1.82) is 0 Å². The molecule has 1 atom stereocenters. The number of benzene rings is 1. The van der Waals surface area contributed by atoms with Crippen LogP contribution < -0.4 is 0 Å². The first-order chi connectivity index (χ1) is 12.0. The van der Waals surface area contributed by atoms with Crippen LogP contribution >= 0.6 is 0 Å². The van der Waals surface area contributed by atoms with Crippen molar-refractivity contribution >= 4 is 5.91 Å². The lowest BCUT2D eigenvalue weighted by molar-refractivity contribution is -0.140. The molecule has 1 amide bonds. The van der Waals surface area contributed by atoms with Crippen LogP contribution in [0.25, 0.3) is 0 Å². The molecule has 0 bridgehead atoms. The molecule has 0 N–H and O–H groups in total. The van der Waals surface area contributed by atoms with Gasteiger partial charge in [-0.25, -0.2) is 8.78 Å². The summed E-state index contributed by atoms with van der Waals surface area (Å²) in [5.41, 5.74) is 0.0173. The lowest BCUT2D eigenvalue weighted by Crippen LogP contribution is -2.44. The monoisotopic (exact) mass is 351 g/mol. The number of halogens is 2. The number of morpholine rings is 1. The summed E-state index contributed by atoms with van der Waals surface area (Å²) in [6, 6.07) is 3.27. The van der Waals surface area contributed by atoms with Crippen LogP contribution in [-0.2, 0) is 16.0 Å². The van der Waals surface area contributed by atoms with Crippen molar-refractivity contribution in [1.82, 2.24) is 15.1 Å². The van der Waals surface area contributed by atoms with Gasteiger partial charge in [0.05, 0.1) is 19.6 Å². The summed E-state index contributed by atoms with van der Waals surface area (Å²) in [5, 5.41) is 7.98. The Morgan fingerprint density at radius 1 is 1.36 bits per heavy atom. The van der Waals surface area contributed by atoms with Crippen molar-refractivity contribution in [3.8, 4) is 0 Å². The van der Waals surface area contributed by atoms with Gasteiger partial charge in [-0.3, -0.25) is 4.79 Å². The fourth-order valence-electron chi connectivity index (χ4n) is 2.67. The minimum absolute atomic E-state index is 0.0173. The SMILES string of the molecule is CC(C)c1nnc(C2COCCN2C(=O)Cc2cccc(F)c2F)o1. The number of hydrogen-bond donors (Lipinski definition) is 0. The lowest BCUT2D eigenvalue weighted by atomic mass is 10.1. The largest absolute Gasteiger partial charge is 0.423 e. The van der Waals surface area contributed by atoms with E-state index < -0.39 is 17.7 Å². The van der Waals surface area contributed by atoms with Crippen molar-refractivity contribution in [3.63, 3.8) is 0 Å². The average Bonchev–Trinajstić information content (AvgIpc) is 3.09. The van der Waals surface area contributed by atoms with E-state index in [9.17, 15) is 13.6 Å². The molecule has 134 valence electrons. The molecule has 3 rings (SSSR count). The quantitative estimate of drug-likeness (QED) is 0.847. The molecule has 2 aromatic rings. The van der Waals surface area contributed by atoms with Crippen molar-refractivity contribution in [2.24, 2.45) is 0 Å². The van der Waals surface area contributed by atoms with Gasteiger partial charge in [0.2, 0.25) is 17.7 Å². The number of hydrogen-bond acceptors (Lipinski definition) is 5. The molecule has 1 aliphatic heterocycles. The third-order valence-electron chi connectivity index (χ3n) is 4.06. The fraction of sp³-hybridized carbons (Fsp3) is 0.471. The second-order valence-corrected chi connectivity index (χ2v) is 6.20. The standard InChI is InChI=1S/C17H19F2N3O3/c1-10(2)16-20-21-17(25-16)13-9-24-7-6-22(13)14(23)8-11-4-3-5-12(18)15(11)19/h3-5,10,13H,6-9H2,1-2H3. The first kappa shape index (κ1) is 17.5. The number of ether oxygens (including phenoxy) is 1. The van der Waals surface area contributed by atoms with Crippen LogP contribution in [0.4, 0.5) is 8.78 Å². The Labute approximate surface area is 143 Å². The molecule has 1 aliphatic rings. The third-order valence-corrected chi connectivity index (χ3v) is 4.06. The highest BCUT2D eigenvalue weighted by Crippen LogP contribution is 2.26. The number of amides is 1. The van der Waals surface area contributed by atoms with Gasteiger partial charge in [-0.15, -0.1) is 10.2 Å². The first-order valence-electron chi connectivity index (χ1n) is 8.10. The zero-order valence-electron chi connectivity index (χ0n) is 14.0. The second-order valence-electron chi connectivity index (χ2n) is 6.20. The molecule has 0 radical (unpaired) electrons. The number of aromatic nitrogens is 2. The van der Waals surface area contributed by atoms with E-state index >= 15 is 0 Å². The predicted octanol–water partition coefficient (Wildman–Crippen LogP) is 2.61. The molecule has 6 nitrogen and oxygen atoms in total. The van der Waals surface area contributed by atoms with Gasteiger partial charge in [0.15, 0.2) is 11.6 Å². The summed E-state index contributed by atoms with van der Waals surface area (Å²) >= 11 is 0. The summed E-state index contributed by atoms with van der Waals surface area (Å²) in [6.45, 7) is 4.74. The van der Waals surface area contributed by atoms with Gasteiger partial charge in [-0.1, -0.05) is 26.0 Å². The zero-order valence-corrected chi connectivity index (χ0v) is 14.0. The summed E-state index contributed by atoms with van der Waals surface area (Å²) in [4.78, 5) is 14.2. The van der Waals surface area contributed by atoms with Crippen LogP contribution in [0.3, 0.4) is 0 Å². The molecule has 0 aliphatic carbocycles. The molecule has 1 unspecified atom stereocenters. The minimum atomic E-state index is -0.999. The van der Waals surface area contributed by atoms with Gasteiger partial charge in [0.25, 0.3) is 0 Å². The minimum Gasteiger partial charge on any atom is -0.423 e. The molecular weight excluding hydrogens is 332 g/mol. The van der Waals surface area contributed by atoms with Gasteiger partial charge in [-0.2, -0.15) is 0 Å². The average molecular weight is 351 g/mol. The maximum atomic E-state index is 13.8. The maximum Gasteiger partial charge on any atom is 0.241 e. The molecule has 0 saturated carbocycles. The number of nitrogens with zero attached hydrogens (tertiary/aromatic N) is 3. The molecule has 8 heteroatoms. The Bertz CT molecular complexity index is 763. The van der Waals surface area contributed by atoms with Crippen LogP contribution in [0.15, 0.2) is 22.6 Å². The Kier molecular flexibility index (Phi) is 5.08. The van der Waals surface area contributed by atoms with E-state index in [1.165, 1.54) is 17.0 Å². The lowest BCUT2D eigenvalue weighted by Gasteiger charge is -2.33. The maximum absolute atomic E-state index is 13.8. The van der Waals surface area contributed by atoms with E-state index in [1.807, 2.05) is 13.8 Å². The van der Waals surface area contributed by atoms with E-state index in [4.69, 9.17) is 9.15 Å². The molecule has 1 aromatic carbocycles. The highest BCUT2D eigenvalue weighted by atomic mass is 19.2. The van der Waals surface area contributed by atoms with Crippen molar-refractivity contribution in [3.05, 3.63) is 47.2 Å². The van der Waals surface area contributed by atoms with Gasteiger partial charge < -0.3 is 14.1 Å². The smallest absolute Gasteiger partial charge is 0.241 e. The summed E-state index contributed by atoms with van der Waals surface area (Å²) < 4.78 is 38.2. The van der Waals surface area contributed by atoms with Crippen molar-refractivity contribution in [2.75, 3.05) is 19.8 Å². The first-order valence-corrected chi connectivity index (χ1v) is 8.10. The fourth-order valence-corrected chi connectivity index (χ4v) is 2.67. The van der Waals surface area contributed by atoms with E-state index in [0.717, 1.165) is 6.07 Å². The predicted molar refractivity (Wildman–Crippen MR) is 83.7 cm³/mol. The van der Waals surface area contributed by atoms with Crippen LogP contribution in [0.5, 0.6) is 0 Å². The Morgan fingerprint density at radius 2 is 2.16 bits per heavy atom. The Morgan fingerprint density at radius 3 is 2.88 bits per heavy atom. The highest BCUT2D eigenvalue weighted by molar-refractivity contribution is 5.79. The van der Waals surface area contributed by atoms with Crippen LogP contribution in [-0.4, -0.2) is 40.8 Å². The summed E-state index contributed by atoms with van der Waals surface area (Å²) in [7, 11) is 0. The topological polar surface area (TPSA) is 68.5 Å². The highest BCUT2D eigenvalue weighted by Gasteiger charge is 2.33. The van der Waals surface area contributed by atoms with E-state index in [-0.39, 0.29) is 36.3 Å². The molecule has 0 spiro atoms. The van der Waals surface area contributed by atoms with Crippen molar-refractivity contribution in [2.45, 2.75) is 32.2 Å². The molecule has 1 aromatic heterocycles. The van der Waals surface area contributed by atoms with Gasteiger partial charge in [0, 0.05) is 18.0 Å². The number of rotatable bonds is 4. The van der Waals surface area contributed by atoms with Gasteiger partial charge in [0.1, 0.15) is 6.04 Å². The molecule has 1 fully saturated rings. The number of carbonyl (C=O) groups is 1. The molecule has 2 heterocycles. The van der Waals surface area contributed by atoms with E-state index in [1.54, 1.807) is 0 Å². The van der Waals surface area contributed by atoms with Crippen molar-refractivity contribution < 1.29 is 22.7 Å². The zero-order chi connectivity index (χ0) is 18.0. The van der Waals surface area contributed by atoms with Gasteiger partial charge >= 0.3 is 0 Å². The molecular formula is C17H19F2N3O3. The van der Waals surface area contributed by atoms with Crippen LogP contribution in [0.2, 0.25) is 0 Å². The normalized spacial score (nSPS) is 18.0. The van der Waals surface area contributed by atoms with E-state index in [2.05, 4.69) is 10.2 Å². The van der Waals surface area contributed by atoms with Gasteiger partial charge in [-0.05, 0) is 6.07 Å². The molecule has 25 heavy (non-hydrogen) atoms. The molecule has 1 saturated heterocycles. The second kappa shape index (κ2) is 7.26. The van der Waals surface area contributed by atoms with Crippen LogP contribution in [0.1, 0.15) is 43.2 Å². The Balaban J connectivity index is 1.80.